The summed E-state index contributed by atoms with van der Waals surface area (Å²) in [6.07, 6.45) is 12.9. The molecular weight excluding hydrogens is 1250 g/mol. The number of thiophene rings is 2. The molecule has 9 nitrogen and oxygen atoms in total. The molecular formula is C88H62N6O3S2. The maximum atomic E-state index is 7.37. The van der Waals surface area contributed by atoms with Gasteiger partial charge in [0.05, 0.1) is 22.1 Å². The molecule has 0 aliphatic carbocycles. The molecule has 0 N–H and O–H groups in total. The van der Waals surface area contributed by atoms with Crippen LogP contribution in [0.15, 0.2) is 260 Å². The van der Waals surface area contributed by atoms with Crippen molar-refractivity contribution in [3.8, 4) is 45.1 Å². The van der Waals surface area contributed by atoms with Crippen molar-refractivity contribution < 1.29 is 13.9 Å². The van der Waals surface area contributed by atoms with Crippen molar-refractivity contribution in [3.63, 3.8) is 0 Å². The average Bonchev–Trinajstić information content (AvgIpc) is 1.64. The third kappa shape index (κ3) is 10.1. The number of fused-ring (bicyclic) bond motifs is 15. The van der Waals surface area contributed by atoms with Gasteiger partial charge in [0.15, 0.2) is 0 Å². The van der Waals surface area contributed by atoms with Gasteiger partial charge in [0.1, 0.15) is 35.9 Å². The summed E-state index contributed by atoms with van der Waals surface area (Å²) in [5.74, 6) is 1.55. The van der Waals surface area contributed by atoms with E-state index in [1.54, 1.807) is 22.7 Å². The maximum absolute atomic E-state index is 7.37. The van der Waals surface area contributed by atoms with E-state index in [4.69, 9.17) is 23.9 Å². The number of para-hydroxylation sites is 4. The summed E-state index contributed by atoms with van der Waals surface area (Å²) in [5.41, 5.74) is 23.9. The highest BCUT2D eigenvalue weighted by atomic mass is 32.1. The van der Waals surface area contributed by atoms with Crippen molar-refractivity contribution in [1.29, 1.82) is 0 Å². The topological polar surface area (TPSA) is 93.0 Å². The Morgan fingerprint density at radius 3 is 1.14 bits per heavy atom. The average molecular weight is 1320 g/mol. The van der Waals surface area contributed by atoms with Gasteiger partial charge in [-0.25, -0.2) is 0 Å². The first-order valence-electron chi connectivity index (χ1n) is 33.5. The fourth-order valence-electron chi connectivity index (χ4n) is 15.8. The van der Waals surface area contributed by atoms with Crippen LogP contribution in [0.5, 0.6) is 11.5 Å². The van der Waals surface area contributed by atoms with Gasteiger partial charge in [0.25, 0.3) is 0 Å². The smallest absolute Gasteiger partial charge is 0.142 e. The van der Waals surface area contributed by atoms with E-state index >= 15 is 0 Å². The van der Waals surface area contributed by atoms with Gasteiger partial charge in [-0.1, -0.05) is 97.1 Å². The molecule has 0 bridgehead atoms. The van der Waals surface area contributed by atoms with Crippen LogP contribution < -0.4 is 9.47 Å². The van der Waals surface area contributed by atoms with Crippen LogP contribution in [0, 0.1) is 27.7 Å². The van der Waals surface area contributed by atoms with Crippen molar-refractivity contribution >= 4 is 129 Å². The zero-order valence-corrected chi connectivity index (χ0v) is 56.4. The van der Waals surface area contributed by atoms with Crippen LogP contribution in [-0.4, -0.2) is 29.1 Å². The third-order valence-electron chi connectivity index (χ3n) is 19.9. The van der Waals surface area contributed by atoms with Crippen LogP contribution >= 0.6 is 22.7 Å². The molecule has 0 amide bonds. The van der Waals surface area contributed by atoms with E-state index in [1.807, 2.05) is 37.2 Å². The first-order valence-corrected chi connectivity index (χ1v) is 35.2. The number of hydrogen-bond acceptors (Lipinski definition) is 9. The van der Waals surface area contributed by atoms with E-state index in [9.17, 15) is 0 Å². The monoisotopic (exact) mass is 1310 g/mol. The van der Waals surface area contributed by atoms with Gasteiger partial charge in [-0.2, -0.15) is 0 Å². The molecule has 11 heteroatoms. The molecule has 0 radical (unpaired) electrons. The van der Waals surface area contributed by atoms with Gasteiger partial charge in [-0.05, 0) is 205 Å². The molecule has 99 heavy (non-hydrogen) atoms. The lowest BCUT2D eigenvalue weighted by molar-refractivity contribution is 0.305. The Kier molecular flexibility index (Phi) is 13.9. The highest BCUT2D eigenvalue weighted by molar-refractivity contribution is 7.26. The van der Waals surface area contributed by atoms with E-state index in [2.05, 4.69) is 265 Å². The predicted molar refractivity (Wildman–Crippen MR) is 409 cm³/mol. The number of hydrogen-bond donors (Lipinski definition) is 0. The number of aryl methyl sites for hydroxylation is 4. The molecule has 0 saturated carbocycles. The van der Waals surface area contributed by atoms with Crippen LogP contribution in [0.1, 0.15) is 55.9 Å². The summed E-state index contributed by atoms with van der Waals surface area (Å²) in [7, 11) is 0. The second-order valence-electron chi connectivity index (χ2n) is 26.3. The van der Waals surface area contributed by atoms with Gasteiger partial charge in [-0.3, -0.25) is 19.9 Å². The molecule has 0 aliphatic rings. The van der Waals surface area contributed by atoms with Gasteiger partial charge in [0, 0.05) is 157 Å². The van der Waals surface area contributed by atoms with Gasteiger partial charge in [-0.15, -0.1) is 22.7 Å². The molecule has 0 spiro atoms. The Balaban J connectivity index is 0.731. The lowest BCUT2D eigenvalue weighted by atomic mass is 9.89. The fourth-order valence-corrected chi connectivity index (χ4v) is 17.9. The number of furan rings is 1. The summed E-state index contributed by atoms with van der Waals surface area (Å²) in [6.45, 7) is 9.49. The predicted octanol–water partition coefficient (Wildman–Crippen LogP) is 23.0. The lowest BCUT2D eigenvalue weighted by Crippen LogP contribution is -2.00. The number of ether oxygens (including phenoxy) is 2. The largest absolute Gasteiger partial charge is 0.489 e. The Hall–Kier alpha value is -11.8. The third-order valence-corrected chi connectivity index (χ3v) is 22.2. The first-order chi connectivity index (χ1) is 48.7. The van der Waals surface area contributed by atoms with Crippen molar-refractivity contribution in [2.75, 3.05) is 0 Å². The second-order valence-corrected chi connectivity index (χ2v) is 28.4. The van der Waals surface area contributed by atoms with E-state index in [0.717, 1.165) is 100.0 Å². The Morgan fingerprint density at radius 1 is 0.354 bits per heavy atom. The standard InChI is InChI=1S/C88H62N6O3S2/c1-51-33-55(37-61-43-63(25-31-91-61)93-77-17-9-5-13-67(77)68-14-6-10-18-78(68)93)34-52(2)85(51)57-39-59(49-95-65-21-23-81-71(45-65)75-47-89-29-27-83(75)98-81)87-73(41-57)74-42-58(40-60(88(74)97-87)50-96-66-22-24-82-72(46-66)76-48-90-30-28-84(76)99-82)86-53(3)35-56(36-54(86)4)38-62-44-64(26-32-92-62)94-79-19-11-7-15-69(79)70-16-8-12-20-80(70)94/h5-36,39-48H,37-38,49-50H2,1-4H3. The lowest BCUT2D eigenvalue weighted by Gasteiger charge is -2.16. The summed E-state index contributed by atoms with van der Waals surface area (Å²) in [4.78, 5) is 18.9. The minimum Gasteiger partial charge on any atom is -0.489 e. The van der Waals surface area contributed by atoms with Gasteiger partial charge >= 0.3 is 0 Å². The van der Waals surface area contributed by atoms with Crippen molar-refractivity contribution in [2.24, 2.45) is 0 Å². The van der Waals surface area contributed by atoms with Gasteiger partial charge in [0.2, 0.25) is 0 Å². The molecule has 0 unspecified atom stereocenters. The van der Waals surface area contributed by atoms with E-state index in [0.29, 0.717) is 12.8 Å². The summed E-state index contributed by atoms with van der Waals surface area (Å²) in [5, 5.41) is 11.4. The maximum Gasteiger partial charge on any atom is 0.142 e. The molecule has 0 atom stereocenters. The normalized spacial score (nSPS) is 12.0. The second kappa shape index (κ2) is 23.5. The van der Waals surface area contributed by atoms with E-state index in [-0.39, 0.29) is 13.2 Å². The van der Waals surface area contributed by atoms with E-state index < -0.39 is 0 Å². The molecule has 19 aromatic rings. The number of nitrogens with zero attached hydrogens (tertiary/aromatic N) is 6. The van der Waals surface area contributed by atoms with Crippen LogP contribution in [-0.2, 0) is 26.1 Å². The highest BCUT2D eigenvalue weighted by Gasteiger charge is 2.24. The molecule has 19 rings (SSSR count). The molecule has 10 aromatic carbocycles. The molecule has 9 aromatic heterocycles. The molecule has 0 saturated heterocycles. The number of pyridine rings is 4. The number of benzene rings is 10. The fraction of sp³-hybridized carbons (Fsp3) is 0.0909. The van der Waals surface area contributed by atoms with Gasteiger partial charge < -0.3 is 23.0 Å². The quantitative estimate of drug-likeness (QED) is 0.107. The Morgan fingerprint density at radius 2 is 0.737 bits per heavy atom. The van der Waals surface area contributed by atoms with Crippen molar-refractivity contribution in [1.82, 2.24) is 29.1 Å². The summed E-state index contributed by atoms with van der Waals surface area (Å²) in [6, 6.07) is 78.9. The SMILES string of the molecule is Cc1cc(Cc2cc(-n3c4ccccc4c4ccccc43)ccn2)cc(C)c1-c1cc(COc2ccc3sc4ccncc4c3c2)c2oc3c(COc4ccc5sc6ccncc6c5c4)cc(-c4c(C)cc(Cc5cc(-n6c7ccccc7c7ccccc76)ccn5)cc4C)cc3c2c1. The number of rotatable bonds is 14. The van der Waals surface area contributed by atoms with Crippen LogP contribution in [0.2, 0.25) is 0 Å². The van der Waals surface area contributed by atoms with Crippen molar-refractivity contribution in [3.05, 3.63) is 311 Å². The van der Waals surface area contributed by atoms with E-state index in [1.165, 1.54) is 107 Å². The number of aromatic nitrogens is 6. The molecule has 0 aliphatic heterocycles. The summed E-state index contributed by atoms with van der Waals surface area (Å²) < 4.78 is 30.8. The Labute approximate surface area is 578 Å². The molecule has 474 valence electrons. The van der Waals surface area contributed by atoms with Crippen LogP contribution in [0.3, 0.4) is 0 Å². The van der Waals surface area contributed by atoms with Crippen LogP contribution in [0.25, 0.3) is 140 Å². The molecule has 9 heterocycles. The minimum absolute atomic E-state index is 0.262. The Bertz CT molecular complexity index is 5980. The molecule has 0 fully saturated rings. The zero-order chi connectivity index (χ0) is 66.0. The highest BCUT2D eigenvalue weighted by Crippen LogP contribution is 2.45. The van der Waals surface area contributed by atoms with Crippen molar-refractivity contribution in [2.45, 2.75) is 53.8 Å². The van der Waals surface area contributed by atoms with Crippen LogP contribution in [0.4, 0.5) is 0 Å². The summed E-state index contributed by atoms with van der Waals surface area (Å²) >= 11 is 3.54. The zero-order valence-electron chi connectivity index (χ0n) is 54.8. The minimum atomic E-state index is 0.262. The first kappa shape index (κ1) is 58.6.